The lowest BCUT2D eigenvalue weighted by atomic mass is 9.90. The second kappa shape index (κ2) is 9.34. The van der Waals surface area contributed by atoms with E-state index in [4.69, 9.17) is 4.74 Å². The van der Waals surface area contributed by atoms with E-state index in [-0.39, 0.29) is 6.10 Å². The van der Waals surface area contributed by atoms with Crippen molar-refractivity contribution in [2.75, 3.05) is 13.2 Å². The molecular formula is C14H29NO3. The zero-order chi connectivity index (χ0) is 14.0. The number of rotatable bonds is 11. The molecule has 0 amide bonds. The summed E-state index contributed by atoms with van der Waals surface area (Å²) in [5, 5.41) is 12.4. The van der Waals surface area contributed by atoms with Crippen molar-refractivity contribution >= 4 is 5.97 Å². The van der Waals surface area contributed by atoms with Crippen LogP contribution < -0.4 is 5.32 Å². The number of aliphatic carboxylic acids is 1. The maximum absolute atomic E-state index is 11.4. The third-order valence-corrected chi connectivity index (χ3v) is 3.37. The molecule has 0 radical (unpaired) electrons. The largest absolute Gasteiger partial charge is 0.480 e. The minimum Gasteiger partial charge on any atom is -0.480 e. The lowest BCUT2D eigenvalue weighted by Crippen LogP contribution is -2.51. The molecule has 0 heterocycles. The fourth-order valence-corrected chi connectivity index (χ4v) is 2.21. The standard InChI is InChI=1S/C14H29NO3/c1-5-9-12(4)18-11-8-10-14(6-2,13(16)17)15-7-3/h12,15H,5-11H2,1-4H3,(H,16,17). The van der Waals surface area contributed by atoms with Gasteiger partial charge >= 0.3 is 5.97 Å². The molecule has 2 atom stereocenters. The molecule has 0 spiro atoms. The Hall–Kier alpha value is -0.610. The van der Waals surface area contributed by atoms with E-state index in [1.54, 1.807) is 0 Å². The van der Waals surface area contributed by atoms with Crippen LogP contribution in [-0.4, -0.2) is 35.9 Å². The highest BCUT2D eigenvalue weighted by Gasteiger charge is 2.34. The maximum atomic E-state index is 11.4. The molecular weight excluding hydrogens is 230 g/mol. The van der Waals surface area contributed by atoms with Crippen LogP contribution in [0.2, 0.25) is 0 Å². The monoisotopic (exact) mass is 259 g/mol. The number of carboxylic acids is 1. The first kappa shape index (κ1) is 17.4. The van der Waals surface area contributed by atoms with Crippen LogP contribution in [0.15, 0.2) is 0 Å². The quantitative estimate of drug-likeness (QED) is 0.560. The van der Waals surface area contributed by atoms with Crippen molar-refractivity contribution in [2.45, 2.75) is 71.4 Å². The molecule has 0 aromatic rings. The van der Waals surface area contributed by atoms with E-state index >= 15 is 0 Å². The molecule has 2 N–H and O–H groups in total. The van der Waals surface area contributed by atoms with Crippen molar-refractivity contribution in [1.29, 1.82) is 0 Å². The summed E-state index contributed by atoms with van der Waals surface area (Å²) in [7, 11) is 0. The summed E-state index contributed by atoms with van der Waals surface area (Å²) in [6.45, 7) is 9.37. The van der Waals surface area contributed by atoms with Crippen molar-refractivity contribution in [3.05, 3.63) is 0 Å². The molecule has 0 aromatic heterocycles. The first-order chi connectivity index (χ1) is 8.52. The fraction of sp³-hybridized carbons (Fsp3) is 0.929. The minimum absolute atomic E-state index is 0.273. The van der Waals surface area contributed by atoms with Crippen LogP contribution in [-0.2, 0) is 9.53 Å². The van der Waals surface area contributed by atoms with E-state index in [1.807, 2.05) is 13.8 Å². The highest BCUT2D eigenvalue weighted by molar-refractivity contribution is 5.78. The van der Waals surface area contributed by atoms with Gasteiger partial charge in [-0.15, -0.1) is 0 Å². The van der Waals surface area contributed by atoms with Gasteiger partial charge in [0.2, 0.25) is 0 Å². The molecule has 4 heteroatoms. The molecule has 0 rings (SSSR count). The van der Waals surface area contributed by atoms with Crippen LogP contribution in [0.5, 0.6) is 0 Å². The average molecular weight is 259 g/mol. The topological polar surface area (TPSA) is 58.6 Å². The van der Waals surface area contributed by atoms with Gasteiger partial charge in [-0.05, 0) is 39.2 Å². The van der Waals surface area contributed by atoms with Crippen LogP contribution in [0.25, 0.3) is 0 Å². The maximum Gasteiger partial charge on any atom is 0.323 e. The number of likely N-dealkylation sites (N-methyl/N-ethyl adjacent to an activating group) is 1. The van der Waals surface area contributed by atoms with Gasteiger partial charge in [0.1, 0.15) is 5.54 Å². The third-order valence-electron chi connectivity index (χ3n) is 3.37. The van der Waals surface area contributed by atoms with Gasteiger partial charge in [-0.25, -0.2) is 0 Å². The number of ether oxygens (including phenoxy) is 1. The van der Waals surface area contributed by atoms with E-state index < -0.39 is 11.5 Å². The zero-order valence-corrected chi connectivity index (χ0v) is 12.3. The van der Waals surface area contributed by atoms with E-state index in [2.05, 4.69) is 19.2 Å². The van der Waals surface area contributed by atoms with Crippen LogP contribution in [0.4, 0.5) is 0 Å². The fourth-order valence-electron chi connectivity index (χ4n) is 2.21. The molecule has 0 aromatic carbocycles. The average Bonchev–Trinajstić information content (AvgIpc) is 2.33. The number of nitrogens with one attached hydrogen (secondary N) is 1. The molecule has 0 saturated heterocycles. The first-order valence-corrected chi connectivity index (χ1v) is 7.12. The number of carboxylic acid groups (broad SMARTS) is 1. The highest BCUT2D eigenvalue weighted by Crippen LogP contribution is 2.18. The molecule has 0 aliphatic carbocycles. The summed E-state index contributed by atoms with van der Waals surface area (Å²) >= 11 is 0. The molecule has 0 fully saturated rings. The van der Waals surface area contributed by atoms with Crippen LogP contribution >= 0.6 is 0 Å². The zero-order valence-electron chi connectivity index (χ0n) is 12.3. The predicted octanol–water partition coefficient (Wildman–Crippen LogP) is 2.81. The summed E-state index contributed by atoms with van der Waals surface area (Å²) < 4.78 is 5.66. The predicted molar refractivity (Wildman–Crippen MR) is 73.9 cm³/mol. The summed E-state index contributed by atoms with van der Waals surface area (Å²) in [5.41, 5.74) is -0.786. The Morgan fingerprint density at radius 3 is 2.50 bits per heavy atom. The van der Waals surface area contributed by atoms with Gasteiger partial charge in [0.15, 0.2) is 0 Å². The third kappa shape index (κ3) is 5.83. The molecule has 0 saturated carbocycles. The van der Waals surface area contributed by atoms with Crippen molar-refractivity contribution in [3.63, 3.8) is 0 Å². The van der Waals surface area contributed by atoms with E-state index in [0.717, 1.165) is 19.3 Å². The summed E-state index contributed by atoms with van der Waals surface area (Å²) in [6, 6.07) is 0. The minimum atomic E-state index is -0.786. The molecule has 0 bridgehead atoms. The molecule has 4 nitrogen and oxygen atoms in total. The first-order valence-electron chi connectivity index (χ1n) is 7.12. The van der Waals surface area contributed by atoms with Gasteiger partial charge in [-0.2, -0.15) is 0 Å². The normalized spacial score (nSPS) is 16.2. The van der Waals surface area contributed by atoms with E-state index in [1.165, 1.54) is 0 Å². The van der Waals surface area contributed by atoms with Gasteiger partial charge < -0.3 is 15.2 Å². The lowest BCUT2D eigenvalue weighted by Gasteiger charge is -2.29. The van der Waals surface area contributed by atoms with Gasteiger partial charge in [0, 0.05) is 6.61 Å². The second-order valence-electron chi connectivity index (χ2n) is 4.84. The summed E-state index contributed by atoms with van der Waals surface area (Å²) in [4.78, 5) is 11.4. The SMILES string of the molecule is CCCC(C)OCCCC(CC)(NCC)C(=O)O. The number of hydrogen-bond donors (Lipinski definition) is 2. The summed E-state index contributed by atoms with van der Waals surface area (Å²) in [5.74, 6) is -0.756. The Kier molecular flexibility index (Phi) is 9.02. The summed E-state index contributed by atoms with van der Waals surface area (Å²) in [6.07, 6.45) is 4.44. The second-order valence-corrected chi connectivity index (χ2v) is 4.84. The Morgan fingerprint density at radius 2 is 2.06 bits per heavy atom. The van der Waals surface area contributed by atoms with Gasteiger partial charge in [-0.3, -0.25) is 4.79 Å². The number of hydrogen-bond acceptors (Lipinski definition) is 3. The van der Waals surface area contributed by atoms with Crippen molar-refractivity contribution < 1.29 is 14.6 Å². The molecule has 0 aliphatic rings. The Balaban J connectivity index is 4.08. The smallest absolute Gasteiger partial charge is 0.323 e. The highest BCUT2D eigenvalue weighted by atomic mass is 16.5. The lowest BCUT2D eigenvalue weighted by molar-refractivity contribution is -0.145. The molecule has 108 valence electrons. The van der Waals surface area contributed by atoms with Crippen LogP contribution in [0.1, 0.15) is 59.8 Å². The van der Waals surface area contributed by atoms with Crippen LogP contribution in [0.3, 0.4) is 0 Å². The molecule has 18 heavy (non-hydrogen) atoms. The van der Waals surface area contributed by atoms with Gasteiger partial charge in [0.25, 0.3) is 0 Å². The van der Waals surface area contributed by atoms with Gasteiger partial charge in [-0.1, -0.05) is 27.2 Å². The Labute approximate surface area is 111 Å². The van der Waals surface area contributed by atoms with Crippen molar-refractivity contribution in [3.8, 4) is 0 Å². The van der Waals surface area contributed by atoms with E-state index in [9.17, 15) is 9.90 Å². The van der Waals surface area contributed by atoms with Crippen molar-refractivity contribution in [1.82, 2.24) is 5.32 Å². The number of carbonyl (C=O) groups is 1. The van der Waals surface area contributed by atoms with E-state index in [0.29, 0.717) is 26.0 Å². The molecule has 2 unspecified atom stereocenters. The van der Waals surface area contributed by atoms with Crippen molar-refractivity contribution in [2.24, 2.45) is 0 Å². The molecule has 0 aliphatic heterocycles. The Bertz CT molecular complexity index is 233. The van der Waals surface area contributed by atoms with Gasteiger partial charge in [0.05, 0.1) is 6.10 Å². The Morgan fingerprint density at radius 1 is 1.39 bits per heavy atom. The van der Waals surface area contributed by atoms with Crippen LogP contribution in [0, 0.1) is 0 Å².